The summed E-state index contributed by atoms with van der Waals surface area (Å²) in [5, 5.41) is 4.87. The molecule has 0 saturated heterocycles. The number of ether oxygens (including phenoxy) is 1. The Morgan fingerprint density at radius 3 is 2.77 bits per heavy atom. The van der Waals surface area contributed by atoms with Crippen molar-refractivity contribution in [1.29, 1.82) is 0 Å². The molecular formula is C21H16FN3O3S2. The van der Waals surface area contributed by atoms with Gasteiger partial charge in [0.2, 0.25) is 5.91 Å². The normalized spacial score (nSPS) is 10.9. The molecule has 4 rings (SSSR count). The van der Waals surface area contributed by atoms with Gasteiger partial charge in [-0.2, -0.15) is 0 Å². The topological polar surface area (TPSA) is 73.2 Å². The Labute approximate surface area is 179 Å². The van der Waals surface area contributed by atoms with Crippen molar-refractivity contribution < 1.29 is 13.9 Å². The quantitative estimate of drug-likeness (QED) is 0.356. The number of carbonyl (C=O) groups excluding carboxylic acids is 1. The molecule has 9 heteroatoms. The van der Waals surface area contributed by atoms with Crippen molar-refractivity contribution in [2.45, 2.75) is 5.16 Å². The molecule has 152 valence electrons. The smallest absolute Gasteiger partial charge is 0.276 e. The lowest BCUT2D eigenvalue weighted by Crippen LogP contribution is -2.22. The number of nitrogens with zero attached hydrogens (tertiary/aromatic N) is 2. The molecule has 0 atom stereocenters. The van der Waals surface area contributed by atoms with Crippen LogP contribution in [0, 0.1) is 5.82 Å². The summed E-state index contributed by atoms with van der Waals surface area (Å²) in [7, 11) is 1.37. The number of para-hydroxylation sites is 1. The van der Waals surface area contributed by atoms with E-state index in [0.717, 1.165) is 11.8 Å². The van der Waals surface area contributed by atoms with Crippen molar-refractivity contribution in [3.63, 3.8) is 0 Å². The predicted octanol–water partition coefficient (Wildman–Crippen LogP) is 4.33. The first-order valence-corrected chi connectivity index (χ1v) is 10.7. The summed E-state index contributed by atoms with van der Waals surface area (Å²) in [6.07, 6.45) is 0. The Balaban J connectivity index is 1.58. The molecule has 0 bridgehead atoms. The van der Waals surface area contributed by atoms with E-state index in [4.69, 9.17) is 4.74 Å². The number of hydrogen-bond acceptors (Lipinski definition) is 6. The van der Waals surface area contributed by atoms with Gasteiger partial charge in [-0.05, 0) is 35.7 Å². The van der Waals surface area contributed by atoms with Crippen LogP contribution in [0.3, 0.4) is 0 Å². The molecule has 0 aliphatic heterocycles. The van der Waals surface area contributed by atoms with Gasteiger partial charge in [-0.15, -0.1) is 11.3 Å². The molecule has 0 fully saturated rings. The Kier molecular flexibility index (Phi) is 5.82. The number of benzene rings is 2. The molecule has 4 aromatic rings. The minimum absolute atomic E-state index is 0.00255. The lowest BCUT2D eigenvalue weighted by atomic mass is 10.3. The molecule has 0 aliphatic carbocycles. The van der Waals surface area contributed by atoms with Gasteiger partial charge in [0, 0.05) is 11.8 Å². The maximum atomic E-state index is 13.8. The SMILES string of the molecule is COc1ccc(NC(=O)CSc2nc3ccsc3c(=O)n2-c2ccccc2)cc1F. The fourth-order valence-corrected chi connectivity index (χ4v) is 4.44. The van der Waals surface area contributed by atoms with E-state index in [1.54, 1.807) is 12.1 Å². The molecule has 0 aliphatic rings. The predicted molar refractivity (Wildman–Crippen MR) is 118 cm³/mol. The highest BCUT2D eigenvalue weighted by molar-refractivity contribution is 7.99. The van der Waals surface area contributed by atoms with Gasteiger partial charge in [-0.25, -0.2) is 9.37 Å². The number of aromatic nitrogens is 2. The zero-order chi connectivity index (χ0) is 21.1. The zero-order valence-electron chi connectivity index (χ0n) is 15.8. The molecule has 0 radical (unpaired) electrons. The van der Waals surface area contributed by atoms with Crippen LogP contribution in [0.2, 0.25) is 0 Å². The Hall–Kier alpha value is -3.17. The van der Waals surface area contributed by atoms with Gasteiger partial charge < -0.3 is 10.1 Å². The Morgan fingerprint density at radius 2 is 2.03 bits per heavy atom. The van der Waals surface area contributed by atoms with Crippen LogP contribution < -0.4 is 15.6 Å². The summed E-state index contributed by atoms with van der Waals surface area (Å²) < 4.78 is 20.8. The average Bonchev–Trinajstić information content (AvgIpc) is 3.22. The van der Waals surface area contributed by atoms with Crippen LogP contribution in [0.5, 0.6) is 5.75 Å². The van der Waals surface area contributed by atoms with Crippen molar-refractivity contribution in [2.75, 3.05) is 18.2 Å². The van der Waals surface area contributed by atoms with Crippen LogP contribution in [-0.2, 0) is 4.79 Å². The van der Waals surface area contributed by atoms with Gasteiger partial charge in [-0.1, -0.05) is 30.0 Å². The molecule has 2 heterocycles. The number of thiophene rings is 1. The molecule has 0 saturated carbocycles. The van der Waals surface area contributed by atoms with Gasteiger partial charge in [0.25, 0.3) is 5.56 Å². The number of rotatable bonds is 6. The van der Waals surface area contributed by atoms with Crippen molar-refractivity contribution >= 4 is 44.9 Å². The average molecular weight is 442 g/mol. The van der Waals surface area contributed by atoms with Crippen molar-refractivity contribution in [1.82, 2.24) is 9.55 Å². The third-order valence-corrected chi connectivity index (χ3v) is 6.06. The fourth-order valence-electron chi connectivity index (χ4n) is 2.86. The van der Waals surface area contributed by atoms with E-state index in [0.29, 0.717) is 26.7 Å². The summed E-state index contributed by atoms with van der Waals surface area (Å²) in [6, 6.07) is 15.1. The van der Waals surface area contributed by atoms with Gasteiger partial charge in [0.1, 0.15) is 4.70 Å². The molecule has 2 aromatic heterocycles. The fraction of sp³-hybridized carbons (Fsp3) is 0.0952. The zero-order valence-corrected chi connectivity index (χ0v) is 17.4. The third-order valence-electron chi connectivity index (χ3n) is 4.23. The summed E-state index contributed by atoms with van der Waals surface area (Å²) >= 11 is 2.47. The first kappa shape index (κ1) is 20.1. The number of hydrogen-bond donors (Lipinski definition) is 1. The maximum absolute atomic E-state index is 13.8. The number of thioether (sulfide) groups is 1. The third kappa shape index (κ3) is 4.07. The molecule has 0 spiro atoms. The monoisotopic (exact) mass is 441 g/mol. The van der Waals surface area contributed by atoms with Gasteiger partial charge in [0.05, 0.1) is 24.1 Å². The number of amides is 1. The van der Waals surface area contributed by atoms with E-state index in [9.17, 15) is 14.0 Å². The minimum atomic E-state index is -0.564. The second-order valence-electron chi connectivity index (χ2n) is 6.19. The molecular weight excluding hydrogens is 425 g/mol. The van der Waals surface area contributed by atoms with E-state index in [2.05, 4.69) is 10.3 Å². The van der Waals surface area contributed by atoms with Crippen LogP contribution in [-0.4, -0.2) is 28.3 Å². The van der Waals surface area contributed by atoms with Crippen molar-refractivity contribution in [3.8, 4) is 11.4 Å². The molecule has 1 amide bonds. The number of carbonyl (C=O) groups is 1. The lowest BCUT2D eigenvalue weighted by molar-refractivity contribution is -0.113. The highest BCUT2D eigenvalue weighted by Crippen LogP contribution is 2.24. The highest BCUT2D eigenvalue weighted by Gasteiger charge is 2.16. The van der Waals surface area contributed by atoms with Crippen LogP contribution >= 0.6 is 23.1 Å². The summed E-state index contributed by atoms with van der Waals surface area (Å²) in [5.41, 5.74) is 1.41. The molecule has 2 aromatic carbocycles. The molecule has 1 N–H and O–H groups in total. The summed E-state index contributed by atoms with van der Waals surface area (Å²) in [4.78, 5) is 30.0. The first-order valence-electron chi connectivity index (χ1n) is 8.88. The lowest BCUT2D eigenvalue weighted by Gasteiger charge is -2.12. The summed E-state index contributed by atoms with van der Waals surface area (Å²) in [5.74, 6) is -0.806. The second-order valence-corrected chi connectivity index (χ2v) is 8.05. The van der Waals surface area contributed by atoms with Crippen LogP contribution in [0.4, 0.5) is 10.1 Å². The number of methoxy groups -OCH3 is 1. The number of fused-ring (bicyclic) bond motifs is 1. The van der Waals surface area contributed by atoms with Crippen molar-refractivity contribution in [2.24, 2.45) is 0 Å². The maximum Gasteiger partial charge on any atom is 0.276 e. The van der Waals surface area contributed by atoms with Gasteiger partial charge in [0.15, 0.2) is 16.7 Å². The van der Waals surface area contributed by atoms with E-state index in [-0.39, 0.29) is 23.0 Å². The van der Waals surface area contributed by atoms with E-state index in [1.165, 1.54) is 35.1 Å². The molecule has 30 heavy (non-hydrogen) atoms. The number of halogens is 1. The van der Waals surface area contributed by atoms with Crippen LogP contribution in [0.25, 0.3) is 15.9 Å². The van der Waals surface area contributed by atoms with E-state index >= 15 is 0 Å². The summed E-state index contributed by atoms with van der Waals surface area (Å²) in [6.45, 7) is 0. The minimum Gasteiger partial charge on any atom is -0.494 e. The van der Waals surface area contributed by atoms with E-state index < -0.39 is 5.82 Å². The van der Waals surface area contributed by atoms with E-state index in [1.807, 2.05) is 35.7 Å². The van der Waals surface area contributed by atoms with Crippen molar-refractivity contribution in [3.05, 3.63) is 76.1 Å². The second kappa shape index (κ2) is 8.68. The highest BCUT2D eigenvalue weighted by atomic mass is 32.2. The van der Waals surface area contributed by atoms with Gasteiger partial charge in [-0.3, -0.25) is 14.2 Å². The van der Waals surface area contributed by atoms with Gasteiger partial charge >= 0.3 is 0 Å². The molecule has 0 unspecified atom stereocenters. The first-order chi connectivity index (χ1) is 14.6. The largest absolute Gasteiger partial charge is 0.494 e. The van der Waals surface area contributed by atoms with Crippen LogP contribution in [0.15, 0.2) is 69.9 Å². The standard InChI is InChI=1S/C21H16FN3O3S2/c1-28-17-8-7-13(11-15(17)22)23-18(26)12-30-21-24-16-9-10-29-19(16)20(27)25(21)14-5-3-2-4-6-14/h2-11H,12H2,1H3,(H,23,26). The number of nitrogens with one attached hydrogen (secondary N) is 1. The Morgan fingerprint density at radius 1 is 1.23 bits per heavy atom. The van der Waals surface area contributed by atoms with Crippen LogP contribution in [0.1, 0.15) is 0 Å². The number of anilines is 1. The molecule has 6 nitrogen and oxygen atoms in total. The Bertz CT molecular complexity index is 1270.